The van der Waals surface area contributed by atoms with E-state index in [0.717, 1.165) is 22.8 Å². The third-order valence-electron chi connectivity index (χ3n) is 5.23. The molecule has 4 rings (SSSR count). The molecule has 31 heavy (non-hydrogen) atoms. The van der Waals surface area contributed by atoms with Gasteiger partial charge in [-0.1, -0.05) is 30.3 Å². The van der Waals surface area contributed by atoms with E-state index >= 15 is 0 Å². The maximum Gasteiger partial charge on any atom is 0.262 e. The lowest BCUT2D eigenvalue weighted by Crippen LogP contribution is -2.26. The Balaban J connectivity index is 1.61. The first-order valence-electron chi connectivity index (χ1n) is 9.76. The molecule has 0 aromatic heterocycles. The minimum atomic E-state index is -0.394. The van der Waals surface area contributed by atoms with Crippen LogP contribution in [0.2, 0.25) is 0 Å². The summed E-state index contributed by atoms with van der Waals surface area (Å²) in [6.07, 6.45) is 0. The molecule has 7 heteroatoms. The van der Waals surface area contributed by atoms with Crippen molar-refractivity contribution >= 4 is 5.91 Å². The Hall–Kier alpha value is -3.87. The summed E-state index contributed by atoms with van der Waals surface area (Å²) in [5.41, 5.74) is 2.80. The molecule has 3 aromatic rings. The number of ether oxygens (including phenoxy) is 3. The highest BCUT2D eigenvalue weighted by Gasteiger charge is 2.30. The Morgan fingerprint density at radius 1 is 0.903 bits per heavy atom. The number of hydrogen-bond donors (Lipinski definition) is 2. The predicted molar refractivity (Wildman–Crippen MR) is 114 cm³/mol. The number of phenolic OH excluding ortho intramolecular Hbond substituents is 2. The molecule has 1 heterocycles. The lowest BCUT2D eigenvalue weighted by atomic mass is 10.1. The number of benzene rings is 3. The molecule has 0 saturated carbocycles. The molecule has 0 aliphatic carbocycles. The van der Waals surface area contributed by atoms with Crippen LogP contribution in [0.15, 0.2) is 54.6 Å². The quantitative estimate of drug-likeness (QED) is 0.629. The van der Waals surface area contributed by atoms with E-state index in [-0.39, 0.29) is 29.4 Å². The first-order valence-corrected chi connectivity index (χ1v) is 9.76. The summed E-state index contributed by atoms with van der Waals surface area (Å²) >= 11 is 0. The van der Waals surface area contributed by atoms with Gasteiger partial charge in [0.15, 0.2) is 11.5 Å². The minimum absolute atomic E-state index is 0.0143. The summed E-state index contributed by atoms with van der Waals surface area (Å²) in [5.74, 6) is 0.396. The normalized spacial score (nSPS) is 12.4. The van der Waals surface area contributed by atoms with Crippen LogP contribution in [0.5, 0.6) is 28.7 Å². The van der Waals surface area contributed by atoms with Crippen molar-refractivity contribution in [3.63, 3.8) is 0 Å². The molecule has 1 aliphatic rings. The highest BCUT2D eigenvalue weighted by Crippen LogP contribution is 2.38. The fourth-order valence-corrected chi connectivity index (χ4v) is 3.68. The van der Waals surface area contributed by atoms with Gasteiger partial charge in [0.1, 0.15) is 29.4 Å². The Morgan fingerprint density at radius 2 is 1.52 bits per heavy atom. The smallest absolute Gasteiger partial charge is 0.262 e. The van der Waals surface area contributed by atoms with Gasteiger partial charge in [0, 0.05) is 25.2 Å². The van der Waals surface area contributed by atoms with E-state index in [9.17, 15) is 15.0 Å². The average Bonchev–Trinajstić information content (AvgIpc) is 3.19. The number of fused-ring (bicyclic) bond motifs is 1. The van der Waals surface area contributed by atoms with E-state index in [4.69, 9.17) is 14.2 Å². The van der Waals surface area contributed by atoms with Gasteiger partial charge in [0.25, 0.3) is 5.91 Å². The van der Waals surface area contributed by atoms with Crippen molar-refractivity contribution in [2.24, 2.45) is 0 Å². The van der Waals surface area contributed by atoms with E-state index < -0.39 is 5.91 Å². The van der Waals surface area contributed by atoms with Gasteiger partial charge in [-0.2, -0.15) is 0 Å². The maximum absolute atomic E-state index is 13.3. The summed E-state index contributed by atoms with van der Waals surface area (Å²) in [5, 5.41) is 20.4. The van der Waals surface area contributed by atoms with Crippen LogP contribution < -0.4 is 14.2 Å². The highest BCUT2D eigenvalue weighted by atomic mass is 16.5. The van der Waals surface area contributed by atoms with Crippen LogP contribution in [0.25, 0.3) is 0 Å². The molecular weight excluding hydrogens is 398 g/mol. The third kappa shape index (κ3) is 4.07. The lowest BCUT2D eigenvalue weighted by molar-refractivity contribution is 0.0743. The van der Waals surface area contributed by atoms with Gasteiger partial charge < -0.3 is 29.3 Å². The highest BCUT2D eigenvalue weighted by molar-refractivity contribution is 6.00. The van der Waals surface area contributed by atoms with Gasteiger partial charge in [-0.05, 0) is 28.8 Å². The molecule has 0 saturated heterocycles. The Labute approximate surface area is 180 Å². The van der Waals surface area contributed by atoms with Crippen molar-refractivity contribution in [1.82, 2.24) is 4.90 Å². The Kier molecular flexibility index (Phi) is 5.58. The first kappa shape index (κ1) is 20.4. The number of hydrogen-bond acceptors (Lipinski definition) is 6. The number of carbonyl (C=O) groups is 1. The Morgan fingerprint density at radius 3 is 2.10 bits per heavy atom. The van der Waals surface area contributed by atoms with Crippen LogP contribution in [0.4, 0.5) is 0 Å². The van der Waals surface area contributed by atoms with E-state index in [0.29, 0.717) is 24.6 Å². The minimum Gasteiger partial charge on any atom is -0.508 e. The second kappa shape index (κ2) is 8.47. The summed E-state index contributed by atoms with van der Waals surface area (Å²) in [6.45, 7) is 0.901. The maximum atomic E-state index is 13.3. The van der Waals surface area contributed by atoms with Crippen molar-refractivity contribution in [1.29, 1.82) is 0 Å². The second-order valence-corrected chi connectivity index (χ2v) is 7.25. The molecule has 2 N–H and O–H groups in total. The molecule has 1 amide bonds. The fraction of sp³-hybridized carbons (Fsp3) is 0.208. The molecule has 0 fully saturated rings. The monoisotopic (exact) mass is 421 g/mol. The molecule has 0 radical (unpaired) electrons. The number of aromatic hydroxyl groups is 2. The third-order valence-corrected chi connectivity index (χ3v) is 5.23. The molecule has 1 aliphatic heterocycles. The van der Waals surface area contributed by atoms with Gasteiger partial charge in [-0.25, -0.2) is 0 Å². The van der Waals surface area contributed by atoms with Gasteiger partial charge in [0.2, 0.25) is 0 Å². The van der Waals surface area contributed by atoms with Crippen molar-refractivity contribution in [3.8, 4) is 28.7 Å². The standard InChI is InChI=1S/C24H23NO6/c1-29-20-8-16-12-25(13-17(16)9-21(20)30-2)24(28)23-19(27)10-18(26)11-22(23)31-14-15-6-4-3-5-7-15/h3-11,26-27H,12-14H2,1-2H3. The molecule has 7 nitrogen and oxygen atoms in total. The molecule has 0 spiro atoms. The van der Waals surface area contributed by atoms with Crippen LogP contribution >= 0.6 is 0 Å². The van der Waals surface area contributed by atoms with Gasteiger partial charge in [-0.3, -0.25) is 4.79 Å². The molecule has 0 atom stereocenters. The van der Waals surface area contributed by atoms with Gasteiger partial charge in [-0.15, -0.1) is 0 Å². The summed E-state index contributed by atoms with van der Waals surface area (Å²) in [4.78, 5) is 14.9. The van der Waals surface area contributed by atoms with Crippen LogP contribution in [-0.4, -0.2) is 35.2 Å². The largest absolute Gasteiger partial charge is 0.508 e. The van der Waals surface area contributed by atoms with Gasteiger partial charge in [0.05, 0.1) is 14.2 Å². The molecule has 0 unspecified atom stereocenters. The summed E-state index contributed by atoms with van der Waals surface area (Å²) in [6, 6.07) is 15.6. The molecule has 3 aromatic carbocycles. The zero-order valence-corrected chi connectivity index (χ0v) is 17.3. The van der Waals surface area contributed by atoms with Crippen LogP contribution in [0.1, 0.15) is 27.0 Å². The van der Waals surface area contributed by atoms with E-state index in [1.807, 2.05) is 42.5 Å². The van der Waals surface area contributed by atoms with Crippen LogP contribution in [0, 0.1) is 0 Å². The SMILES string of the molecule is COc1cc2c(cc1OC)CN(C(=O)c1c(O)cc(O)cc1OCc1ccccc1)C2. The van der Waals surface area contributed by atoms with Crippen molar-refractivity contribution in [2.75, 3.05) is 14.2 Å². The Bertz CT molecular complexity index is 1080. The van der Waals surface area contributed by atoms with Crippen molar-refractivity contribution in [3.05, 3.63) is 76.9 Å². The summed E-state index contributed by atoms with van der Waals surface area (Å²) < 4.78 is 16.5. The number of carbonyl (C=O) groups excluding carboxylic acids is 1. The zero-order valence-electron chi connectivity index (χ0n) is 17.3. The first-order chi connectivity index (χ1) is 15.0. The van der Waals surface area contributed by atoms with Crippen molar-refractivity contribution < 1.29 is 29.2 Å². The van der Waals surface area contributed by atoms with Crippen molar-refractivity contribution in [2.45, 2.75) is 19.7 Å². The van der Waals surface area contributed by atoms with Crippen LogP contribution in [-0.2, 0) is 19.7 Å². The molecular formula is C24H23NO6. The van der Waals surface area contributed by atoms with E-state index in [1.54, 1.807) is 19.1 Å². The number of amides is 1. The number of rotatable bonds is 6. The topological polar surface area (TPSA) is 88.5 Å². The summed E-state index contributed by atoms with van der Waals surface area (Å²) in [7, 11) is 3.12. The number of nitrogens with zero attached hydrogens (tertiary/aromatic N) is 1. The van der Waals surface area contributed by atoms with Gasteiger partial charge >= 0.3 is 0 Å². The van der Waals surface area contributed by atoms with E-state index in [1.165, 1.54) is 6.07 Å². The fourth-order valence-electron chi connectivity index (χ4n) is 3.68. The zero-order chi connectivity index (χ0) is 22.0. The lowest BCUT2D eigenvalue weighted by Gasteiger charge is -2.19. The van der Waals surface area contributed by atoms with Crippen LogP contribution in [0.3, 0.4) is 0 Å². The molecule has 0 bridgehead atoms. The molecule has 160 valence electrons. The average molecular weight is 421 g/mol. The second-order valence-electron chi connectivity index (χ2n) is 7.25. The predicted octanol–water partition coefficient (Wildman–Crippen LogP) is 3.85. The number of phenols is 2. The van der Waals surface area contributed by atoms with E-state index in [2.05, 4.69) is 0 Å². The number of methoxy groups -OCH3 is 2.